The van der Waals surface area contributed by atoms with E-state index in [0.717, 1.165) is 16.7 Å². The number of hydrogen-bond donors (Lipinski definition) is 0. The fraction of sp³-hybridized carbons (Fsp3) is 0.464. The van der Waals surface area contributed by atoms with Crippen molar-refractivity contribution in [2.24, 2.45) is 4.99 Å². The Bertz CT molecular complexity index is 1300. The minimum Gasteiger partial charge on any atom is -0.443 e. The average molecular weight is 559 g/mol. The predicted octanol–water partition coefficient (Wildman–Crippen LogP) is 3.29. The zero-order chi connectivity index (χ0) is 28.8. The number of carbonyl (C=O) groups excluding carboxylic acids is 2. The molecule has 0 saturated carbocycles. The average Bonchev–Trinajstić information content (AvgIpc) is 3.36. The predicted molar refractivity (Wildman–Crippen MR) is 149 cm³/mol. The lowest BCUT2D eigenvalue weighted by Crippen LogP contribution is -2.39. The molecule has 2 amide bonds. The van der Waals surface area contributed by atoms with E-state index < -0.39 is 21.7 Å². The summed E-state index contributed by atoms with van der Waals surface area (Å²) in [5.74, 6) is 0.350. The first-order valence-electron chi connectivity index (χ1n) is 12.8. The third kappa shape index (κ3) is 8.35. The molecule has 1 aliphatic rings. The van der Waals surface area contributed by atoms with Crippen LogP contribution in [0.15, 0.2) is 58.4 Å². The third-order valence-corrected chi connectivity index (χ3v) is 7.84. The molecule has 0 radical (unpaired) electrons. The van der Waals surface area contributed by atoms with E-state index in [2.05, 4.69) is 4.99 Å². The van der Waals surface area contributed by atoms with Crippen LogP contribution in [0.2, 0.25) is 0 Å². The molecule has 0 spiro atoms. The molecule has 0 fully saturated rings. The topological polar surface area (TPSA) is 109 Å². The molecule has 3 rings (SSSR count). The number of sulfonamides is 1. The number of hydrogen-bond acceptors (Lipinski definition) is 7. The van der Waals surface area contributed by atoms with E-state index in [1.54, 1.807) is 30.1 Å². The second-order valence-electron chi connectivity index (χ2n) is 10.5. The SMILES string of the molecule is Cc1cccc(S(=O)(=O)N(C)CCOCC(=O)N(C)Cc2ccc(C3=NCCN3C(=O)OC(C)(C)C)cc2)c1. The molecule has 0 unspecified atom stereocenters. The lowest BCUT2D eigenvalue weighted by atomic mass is 10.1. The van der Waals surface area contributed by atoms with E-state index in [0.29, 0.717) is 25.5 Å². The van der Waals surface area contributed by atoms with E-state index >= 15 is 0 Å². The van der Waals surface area contributed by atoms with E-state index in [4.69, 9.17) is 9.47 Å². The van der Waals surface area contributed by atoms with Crippen LogP contribution in [0.25, 0.3) is 0 Å². The monoisotopic (exact) mass is 558 g/mol. The number of likely N-dealkylation sites (N-methyl/N-ethyl adjacent to an activating group) is 2. The molecule has 0 aromatic heterocycles. The van der Waals surface area contributed by atoms with Gasteiger partial charge in [0.25, 0.3) is 0 Å². The number of ether oxygens (including phenoxy) is 2. The highest BCUT2D eigenvalue weighted by Gasteiger charge is 2.29. The van der Waals surface area contributed by atoms with Crippen LogP contribution >= 0.6 is 0 Å². The molecule has 0 aliphatic carbocycles. The van der Waals surface area contributed by atoms with Gasteiger partial charge in [-0.05, 0) is 51.0 Å². The molecule has 39 heavy (non-hydrogen) atoms. The number of nitrogens with zero attached hydrogens (tertiary/aromatic N) is 4. The fourth-order valence-corrected chi connectivity index (χ4v) is 5.11. The second kappa shape index (κ2) is 12.7. The van der Waals surface area contributed by atoms with Gasteiger partial charge in [-0.2, -0.15) is 4.31 Å². The summed E-state index contributed by atoms with van der Waals surface area (Å²) in [6.07, 6.45) is -0.424. The van der Waals surface area contributed by atoms with Gasteiger partial charge in [0.1, 0.15) is 18.0 Å². The number of aliphatic imine (C=N–C) groups is 1. The van der Waals surface area contributed by atoms with Crippen molar-refractivity contribution in [3.05, 3.63) is 65.2 Å². The molecule has 1 heterocycles. The van der Waals surface area contributed by atoms with Crippen LogP contribution < -0.4 is 0 Å². The highest BCUT2D eigenvalue weighted by Crippen LogP contribution is 2.18. The number of rotatable bonds is 10. The largest absolute Gasteiger partial charge is 0.443 e. The highest BCUT2D eigenvalue weighted by atomic mass is 32.2. The maximum atomic E-state index is 12.7. The Morgan fingerprint density at radius 1 is 1.08 bits per heavy atom. The third-order valence-electron chi connectivity index (χ3n) is 5.99. The van der Waals surface area contributed by atoms with Crippen molar-refractivity contribution < 1.29 is 27.5 Å². The summed E-state index contributed by atoms with van der Waals surface area (Å²) < 4.78 is 37.6. The lowest BCUT2D eigenvalue weighted by Gasteiger charge is -2.25. The molecule has 0 atom stereocenters. The van der Waals surface area contributed by atoms with Crippen molar-refractivity contribution in [1.82, 2.24) is 14.1 Å². The summed E-state index contributed by atoms with van der Waals surface area (Å²) in [6, 6.07) is 14.2. The Kier molecular flexibility index (Phi) is 9.87. The summed E-state index contributed by atoms with van der Waals surface area (Å²) in [7, 11) is -0.456. The number of aryl methyl sites for hydroxylation is 1. The van der Waals surface area contributed by atoms with Gasteiger partial charge in [0.2, 0.25) is 15.9 Å². The quantitative estimate of drug-likeness (QED) is 0.414. The number of amidine groups is 1. The van der Waals surface area contributed by atoms with E-state index in [1.165, 1.54) is 16.3 Å². The van der Waals surface area contributed by atoms with Gasteiger partial charge in [-0.3, -0.25) is 14.7 Å². The van der Waals surface area contributed by atoms with Gasteiger partial charge >= 0.3 is 6.09 Å². The Labute approximate surface area is 231 Å². The van der Waals surface area contributed by atoms with Gasteiger partial charge in [-0.15, -0.1) is 0 Å². The molecule has 2 aromatic carbocycles. The zero-order valence-electron chi connectivity index (χ0n) is 23.5. The maximum absolute atomic E-state index is 12.7. The molecule has 0 saturated heterocycles. The highest BCUT2D eigenvalue weighted by molar-refractivity contribution is 7.89. The number of carbonyl (C=O) groups is 2. The molecular formula is C28H38N4O6S. The first-order chi connectivity index (χ1) is 18.3. The van der Waals surface area contributed by atoms with Crippen LogP contribution in [0.3, 0.4) is 0 Å². The second-order valence-corrected chi connectivity index (χ2v) is 12.5. The van der Waals surface area contributed by atoms with Crippen LogP contribution in [0.1, 0.15) is 37.5 Å². The molecule has 0 bridgehead atoms. The van der Waals surface area contributed by atoms with Crippen molar-refractivity contribution in [1.29, 1.82) is 0 Å². The number of amides is 2. The Hall–Kier alpha value is -3.28. The zero-order valence-corrected chi connectivity index (χ0v) is 24.3. The van der Waals surface area contributed by atoms with Crippen LogP contribution in [-0.4, -0.2) is 92.9 Å². The molecular weight excluding hydrogens is 520 g/mol. The van der Waals surface area contributed by atoms with Gasteiger partial charge in [0.15, 0.2) is 0 Å². The first kappa shape index (κ1) is 30.3. The molecule has 1 aliphatic heterocycles. The normalized spacial score (nSPS) is 13.9. The summed E-state index contributed by atoms with van der Waals surface area (Å²) in [5.41, 5.74) is 1.97. The maximum Gasteiger partial charge on any atom is 0.416 e. The number of benzene rings is 2. The smallest absolute Gasteiger partial charge is 0.416 e. The Morgan fingerprint density at radius 3 is 2.41 bits per heavy atom. The lowest BCUT2D eigenvalue weighted by molar-refractivity contribution is -0.135. The molecule has 2 aromatic rings. The summed E-state index contributed by atoms with van der Waals surface area (Å²) >= 11 is 0. The van der Waals surface area contributed by atoms with Gasteiger partial charge in [-0.25, -0.2) is 13.2 Å². The van der Waals surface area contributed by atoms with Crippen molar-refractivity contribution in [3.8, 4) is 0 Å². The van der Waals surface area contributed by atoms with Crippen LogP contribution in [0.4, 0.5) is 4.79 Å². The summed E-state index contributed by atoms with van der Waals surface area (Å²) in [5, 5.41) is 0. The van der Waals surface area contributed by atoms with E-state index in [1.807, 2.05) is 58.0 Å². The van der Waals surface area contributed by atoms with Gasteiger partial charge in [0, 0.05) is 32.7 Å². The molecule has 212 valence electrons. The van der Waals surface area contributed by atoms with Gasteiger partial charge in [-0.1, -0.05) is 36.4 Å². The minimum absolute atomic E-state index is 0.0894. The van der Waals surface area contributed by atoms with Crippen LogP contribution in [-0.2, 0) is 30.8 Å². The standard InChI is InChI=1S/C28H38N4O6S/c1-21-8-7-9-24(18-21)39(35,36)31(6)16-17-37-20-25(33)30(5)19-22-10-12-23(13-11-22)26-29-14-15-32(26)27(34)38-28(2,3)4/h7-13,18H,14-17,19-20H2,1-6H3. The molecule has 11 heteroatoms. The van der Waals surface area contributed by atoms with Crippen LogP contribution in [0.5, 0.6) is 0 Å². The van der Waals surface area contributed by atoms with Crippen molar-refractivity contribution >= 4 is 27.9 Å². The van der Waals surface area contributed by atoms with Crippen LogP contribution in [0, 0.1) is 6.92 Å². The fourth-order valence-electron chi connectivity index (χ4n) is 3.85. The van der Waals surface area contributed by atoms with Crippen molar-refractivity contribution in [2.45, 2.75) is 44.7 Å². The summed E-state index contributed by atoms with van der Waals surface area (Å²) in [6.45, 7) is 8.72. The van der Waals surface area contributed by atoms with Gasteiger partial charge < -0.3 is 14.4 Å². The van der Waals surface area contributed by atoms with Crippen molar-refractivity contribution in [3.63, 3.8) is 0 Å². The van der Waals surface area contributed by atoms with Crippen molar-refractivity contribution in [2.75, 3.05) is 46.9 Å². The molecule has 10 nitrogen and oxygen atoms in total. The Morgan fingerprint density at radius 2 is 1.77 bits per heavy atom. The van der Waals surface area contributed by atoms with E-state index in [9.17, 15) is 18.0 Å². The molecule has 0 N–H and O–H groups in total. The Balaban J connectivity index is 1.46. The minimum atomic E-state index is -3.62. The first-order valence-corrected chi connectivity index (χ1v) is 14.2. The van der Waals surface area contributed by atoms with Gasteiger partial charge in [0.05, 0.1) is 24.6 Å². The summed E-state index contributed by atoms with van der Waals surface area (Å²) in [4.78, 5) is 32.9. The van der Waals surface area contributed by atoms with E-state index in [-0.39, 0.29) is 30.6 Å².